The van der Waals surface area contributed by atoms with Crippen LogP contribution >= 0.6 is 0 Å². The largest absolute Gasteiger partial charge is 0.340 e. The average Bonchev–Trinajstić information content (AvgIpc) is 2.65. The quantitative estimate of drug-likeness (QED) is 0.753. The zero-order chi connectivity index (χ0) is 21.9. The second-order valence-electron chi connectivity index (χ2n) is 9.89. The molecule has 1 amide bonds. The third kappa shape index (κ3) is 5.28. The molecule has 3 rings (SSSR count). The molecule has 2 aromatic rings. The molecule has 0 bridgehead atoms. The lowest BCUT2D eigenvalue weighted by Gasteiger charge is -2.49. The Hall–Kier alpha value is -2.21. The minimum absolute atomic E-state index is 0.00632. The number of hydrogen-bond acceptors (Lipinski definition) is 4. The lowest BCUT2D eigenvalue weighted by atomic mass is 9.79. The molecule has 0 aliphatic carbocycles. The van der Waals surface area contributed by atoms with Crippen molar-refractivity contribution in [3.63, 3.8) is 0 Å². The Morgan fingerprint density at radius 3 is 2.53 bits per heavy atom. The number of nitrogens with one attached hydrogen (secondary N) is 1. The summed E-state index contributed by atoms with van der Waals surface area (Å²) in [6, 6.07) is 7.68. The molecule has 1 N–H and O–H groups in total. The number of hydrogen-bond donors (Lipinski definition) is 1. The van der Waals surface area contributed by atoms with E-state index in [-0.39, 0.29) is 28.5 Å². The summed E-state index contributed by atoms with van der Waals surface area (Å²) in [6.07, 6.45) is 5.70. The van der Waals surface area contributed by atoms with Crippen LogP contribution in [-0.2, 0) is 11.3 Å². The van der Waals surface area contributed by atoms with Crippen molar-refractivity contribution < 1.29 is 4.79 Å². The first-order valence-corrected chi connectivity index (χ1v) is 11.2. The summed E-state index contributed by atoms with van der Waals surface area (Å²) in [7, 11) is 0. The molecule has 0 atom stereocenters. The summed E-state index contributed by atoms with van der Waals surface area (Å²) in [5.41, 5.74) is 0.681. The number of fused-ring (bicyclic) bond motifs is 1. The molecule has 0 radical (unpaired) electrons. The Morgan fingerprint density at radius 2 is 1.87 bits per heavy atom. The summed E-state index contributed by atoms with van der Waals surface area (Å²) >= 11 is 0. The van der Waals surface area contributed by atoms with E-state index in [1.54, 1.807) is 4.68 Å². The molecule has 1 aliphatic rings. The van der Waals surface area contributed by atoms with Crippen molar-refractivity contribution >= 4 is 16.8 Å². The molecule has 0 saturated carbocycles. The van der Waals surface area contributed by atoms with Gasteiger partial charge in [0.25, 0.3) is 0 Å². The van der Waals surface area contributed by atoms with E-state index in [4.69, 9.17) is 0 Å². The zero-order valence-corrected chi connectivity index (χ0v) is 19.1. The average molecular weight is 413 g/mol. The van der Waals surface area contributed by atoms with Crippen LogP contribution < -0.4 is 10.7 Å². The van der Waals surface area contributed by atoms with Gasteiger partial charge in [-0.3, -0.25) is 14.3 Å². The number of aromatic nitrogens is 2. The number of aryl methyl sites for hydroxylation is 1. The third-order valence-electron chi connectivity index (χ3n) is 5.98. The van der Waals surface area contributed by atoms with Crippen molar-refractivity contribution in [1.82, 2.24) is 20.0 Å². The lowest BCUT2D eigenvalue weighted by Crippen LogP contribution is -2.63. The number of benzene rings is 1. The molecule has 1 fully saturated rings. The van der Waals surface area contributed by atoms with E-state index in [1.807, 2.05) is 24.3 Å². The van der Waals surface area contributed by atoms with E-state index in [0.717, 1.165) is 37.7 Å². The molecular formula is C24H36N4O2. The maximum atomic E-state index is 13.3. The second kappa shape index (κ2) is 8.88. The predicted molar refractivity (Wildman–Crippen MR) is 122 cm³/mol. The first-order valence-electron chi connectivity index (χ1n) is 11.2. The molecule has 1 aromatic heterocycles. The molecule has 6 nitrogen and oxygen atoms in total. The number of rotatable bonds is 7. The molecular weight excluding hydrogens is 376 g/mol. The lowest BCUT2D eigenvalue weighted by molar-refractivity contribution is -0.135. The highest BCUT2D eigenvalue weighted by Gasteiger charge is 2.40. The van der Waals surface area contributed by atoms with Crippen LogP contribution in [0, 0.1) is 0 Å². The summed E-state index contributed by atoms with van der Waals surface area (Å²) in [5, 5.41) is 8.64. The summed E-state index contributed by atoms with van der Waals surface area (Å²) in [4.78, 5) is 27.5. The maximum Gasteiger partial charge on any atom is 0.224 e. The van der Waals surface area contributed by atoms with Crippen molar-refractivity contribution in [2.75, 3.05) is 6.54 Å². The Kier molecular flexibility index (Phi) is 6.65. The minimum Gasteiger partial charge on any atom is -0.340 e. The Morgan fingerprint density at radius 1 is 1.20 bits per heavy atom. The van der Waals surface area contributed by atoms with Crippen LogP contribution in [0.3, 0.4) is 0 Å². The predicted octanol–water partition coefficient (Wildman–Crippen LogP) is 3.72. The molecule has 6 heteroatoms. The number of piperidine rings is 1. The van der Waals surface area contributed by atoms with Gasteiger partial charge < -0.3 is 10.2 Å². The summed E-state index contributed by atoms with van der Waals surface area (Å²) in [5.74, 6) is 0.173. The van der Waals surface area contributed by atoms with Crippen LogP contribution in [0.2, 0.25) is 0 Å². The van der Waals surface area contributed by atoms with Gasteiger partial charge in [-0.25, -0.2) is 0 Å². The van der Waals surface area contributed by atoms with Gasteiger partial charge in [0.15, 0.2) is 0 Å². The van der Waals surface area contributed by atoms with Crippen LogP contribution in [0.1, 0.15) is 66.7 Å². The first-order chi connectivity index (χ1) is 14.1. The van der Waals surface area contributed by atoms with Crippen molar-refractivity contribution in [2.45, 2.75) is 90.4 Å². The molecule has 30 heavy (non-hydrogen) atoms. The fourth-order valence-corrected chi connectivity index (χ4v) is 5.01. The third-order valence-corrected chi connectivity index (χ3v) is 5.98. The number of amides is 1. The Balaban J connectivity index is 1.78. The highest BCUT2D eigenvalue weighted by Crippen LogP contribution is 2.32. The van der Waals surface area contributed by atoms with Gasteiger partial charge in [0, 0.05) is 35.5 Å². The van der Waals surface area contributed by atoms with E-state index < -0.39 is 0 Å². The van der Waals surface area contributed by atoms with E-state index >= 15 is 0 Å². The number of carbonyl (C=O) groups is 1. The monoisotopic (exact) mass is 412 g/mol. The summed E-state index contributed by atoms with van der Waals surface area (Å²) < 4.78 is 1.78. The van der Waals surface area contributed by atoms with Crippen molar-refractivity contribution in [2.24, 2.45) is 0 Å². The SMILES string of the molecule is CCCCN(C(=O)CCn1ncc(=O)c2ccccc21)C1CC(C)(C)NC(C)(C)C1. The summed E-state index contributed by atoms with van der Waals surface area (Å²) in [6.45, 7) is 12.3. The first kappa shape index (κ1) is 22.5. The fraction of sp³-hybridized carbons (Fsp3) is 0.625. The van der Waals surface area contributed by atoms with Gasteiger partial charge in [-0.15, -0.1) is 0 Å². The van der Waals surface area contributed by atoms with E-state index in [2.05, 4.69) is 49.9 Å². The van der Waals surface area contributed by atoms with Gasteiger partial charge in [0.1, 0.15) is 0 Å². The highest BCUT2D eigenvalue weighted by atomic mass is 16.2. The van der Waals surface area contributed by atoms with Crippen LogP contribution in [-0.4, -0.2) is 44.3 Å². The normalized spacial score (nSPS) is 18.4. The molecule has 2 heterocycles. The topological polar surface area (TPSA) is 67.2 Å². The van der Waals surface area contributed by atoms with Crippen molar-refractivity contribution in [3.8, 4) is 0 Å². The van der Waals surface area contributed by atoms with Crippen molar-refractivity contribution in [3.05, 3.63) is 40.7 Å². The molecule has 1 aromatic carbocycles. The van der Waals surface area contributed by atoms with Gasteiger partial charge >= 0.3 is 0 Å². The molecule has 1 aliphatic heterocycles. The van der Waals surface area contributed by atoms with Gasteiger partial charge in [0.2, 0.25) is 11.3 Å². The highest BCUT2D eigenvalue weighted by molar-refractivity contribution is 5.79. The van der Waals surface area contributed by atoms with Gasteiger partial charge in [0.05, 0.1) is 18.3 Å². The van der Waals surface area contributed by atoms with Gasteiger partial charge in [-0.05, 0) is 59.1 Å². The molecule has 1 saturated heterocycles. The zero-order valence-electron chi connectivity index (χ0n) is 19.1. The smallest absolute Gasteiger partial charge is 0.224 e. The van der Waals surface area contributed by atoms with Crippen molar-refractivity contribution in [1.29, 1.82) is 0 Å². The maximum absolute atomic E-state index is 13.3. The molecule has 0 unspecified atom stereocenters. The molecule has 0 spiro atoms. The van der Waals surface area contributed by atoms with Crippen LogP contribution in [0.15, 0.2) is 35.3 Å². The Labute approximate surface area is 179 Å². The fourth-order valence-electron chi connectivity index (χ4n) is 5.01. The number of nitrogens with zero attached hydrogens (tertiary/aromatic N) is 3. The number of para-hydroxylation sites is 1. The number of carbonyl (C=O) groups excluding carboxylic acids is 1. The van der Waals surface area contributed by atoms with Crippen LogP contribution in [0.5, 0.6) is 0 Å². The second-order valence-corrected chi connectivity index (χ2v) is 9.89. The van der Waals surface area contributed by atoms with Gasteiger partial charge in [-0.1, -0.05) is 25.5 Å². The van der Waals surface area contributed by atoms with E-state index in [1.165, 1.54) is 6.20 Å². The Bertz CT molecular complexity index is 932. The van der Waals surface area contributed by atoms with Gasteiger partial charge in [-0.2, -0.15) is 5.10 Å². The minimum atomic E-state index is -0.0862. The van der Waals surface area contributed by atoms with Crippen LogP contribution in [0.25, 0.3) is 10.9 Å². The molecule has 164 valence electrons. The van der Waals surface area contributed by atoms with E-state index in [9.17, 15) is 9.59 Å². The van der Waals surface area contributed by atoms with Crippen LogP contribution in [0.4, 0.5) is 0 Å². The number of unbranched alkanes of at least 4 members (excludes halogenated alkanes) is 1. The van der Waals surface area contributed by atoms with E-state index in [0.29, 0.717) is 18.4 Å². The standard InChI is InChI=1S/C24H36N4O2/c1-6-7-13-27(18-15-23(2,3)26-24(4,5)16-18)22(30)12-14-28-20-11-9-8-10-19(20)21(29)17-25-28/h8-11,17-18,26H,6-7,12-16H2,1-5H3.